The Balaban J connectivity index is 1.79. The summed E-state index contributed by atoms with van der Waals surface area (Å²) in [5.41, 5.74) is 0.112. The van der Waals surface area contributed by atoms with E-state index in [1.807, 2.05) is 0 Å². The van der Waals surface area contributed by atoms with Crippen molar-refractivity contribution in [1.82, 2.24) is 15.0 Å². The van der Waals surface area contributed by atoms with Gasteiger partial charge in [-0.3, -0.25) is 0 Å². The maximum atomic E-state index is 12.6. The predicted octanol–water partition coefficient (Wildman–Crippen LogP) is 4.12. The molecule has 2 heterocycles. The van der Waals surface area contributed by atoms with Crippen LogP contribution in [-0.4, -0.2) is 36.2 Å². The maximum absolute atomic E-state index is 12.6. The third-order valence-corrected chi connectivity index (χ3v) is 5.34. The number of rotatable bonds is 8. The largest absolute Gasteiger partial charge is 0.484 e. The minimum Gasteiger partial charge on any atom is -0.484 e. The number of aromatic nitrogens is 3. The highest BCUT2D eigenvalue weighted by Crippen LogP contribution is 2.27. The molecule has 0 spiro atoms. The monoisotopic (exact) mass is 522 g/mol. The lowest BCUT2D eigenvalue weighted by molar-refractivity contribution is -0.153. The number of hydrogen-bond donors (Lipinski definition) is 3. The molecule has 0 amide bonds. The quantitative estimate of drug-likeness (QED) is 0.402. The summed E-state index contributed by atoms with van der Waals surface area (Å²) < 4.78 is 65.8. The van der Waals surface area contributed by atoms with Crippen molar-refractivity contribution in [3.05, 3.63) is 58.5 Å². The van der Waals surface area contributed by atoms with Crippen LogP contribution in [0.2, 0.25) is 10.0 Å². The summed E-state index contributed by atoms with van der Waals surface area (Å²) >= 11 is 11.9. The summed E-state index contributed by atoms with van der Waals surface area (Å²) in [5, 5.41) is 11.5. The van der Waals surface area contributed by atoms with E-state index in [1.165, 1.54) is 24.7 Å². The van der Waals surface area contributed by atoms with Gasteiger partial charge in [0, 0.05) is 24.4 Å². The summed E-state index contributed by atoms with van der Waals surface area (Å²) in [5.74, 6) is 0.683. The number of alkyl halides is 3. The van der Waals surface area contributed by atoms with Crippen molar-refractivity contribution in [2.24, 2.45) is 5.14 Å². The molecule has 0 saturated carbocycles. The van der Waals surface area contributed by atoms with Gasteiger partial charge in [-0.05, 0) is 24.3 Å². The zero-order valence-corrected chi connectivity index (χ0v) is 18.7. The van der Waals surface area contributed by atoms with Crippen molar-refractivity contribution in [2.75, 3.05) is 17.2 Å². The Hall–Kier alpha value is -2.87. The number of hydrogen-bond acceptors (Lipinski definition) is 8. The van der Waals surface area contributed by atoms with Gasteiger partial charge < -0.3 is 15.4 Å². The van der Waals surface area contributed by atoms with Crippen LogP contribution in [0.4, 0.5) is 30.6 Å². The first kappa shape index (κ1) is 24.8. The zero-order chi connectivity index (χ0) is 24.2. The van der Waals surface area contributed by atoms with Crippen LogP contribution >= 0.6 is 23.2 Å². The maximum Gasteiger partial charge on any atom is 0.422 e. The first-order valence-corrected chi connectivity index (χ1v) is 11.2. The van der Waals surface area contributed by atoms with Gasteiger partial charge in [-0.1, -0.05) is 23.2 Å². The van der Waals surface area contributed by atoms with E-state index in [1.54, 1.807) is 0 Å². The van der Waals surface area contributed by atoms with Gasteiger partial charge in [0.2, 0.25) is 10.0 Å². The number of nitrogens with two attached hydrogens (primary N) is 1. The summed E-state index contributed by atoms with van der Waals surface area (Å²) in [6.07, 6.45) is -1.97. The Morgan fingerprint density at radius 1 is 1.06 bits per heavy atom. The molecular weight excluding hydrogens is 508 g/mol. The Labute approximate surface area is 196 Å². The number of primary sulfonamides is 1. The smallest absolute Gasteiger partial charge is 0.422 e. The van der Waals surface area contributed by atoms with Crippen LogP contribution < -0.4 is 20.5 Å². The minimum absolute atomic E-state index is 0.112. The van der Waals surface area contributed by atoms with E-state index in [9.17, 15) is 21.6 Å². The lowest BCUT2D eigenvalue weighted by atomic mass is 10.2. The van der Waals surface area contributed by atoms with Crippen LogP contribution in [0.1, 0.15) is 5.56 Å². The second kappa shape index (κ2) is 9.95. The molecule has 15 heteroatoms. The number of halogens is 5. The van der Waals surface area contributed by atoms with Crippen molar-refractivity contribution < 1.29 is 26.3 Å². The lowest BCUT2D eigenvalue weighted by Gasteiger charge is -2.15. The van der Waals surface area contributed by atoms with Crippen molar-refractivity contribution in [3.63, 3.8) is 0 Å². The fraction of sp³-hybridized carbons (Fsp3) is 0.167. The van der Waals surface area contributed by atoms with E-state index in [-0.39, 0.29) is 39.4 Å². The summed E-state index contributed by atoms with van der Waals surface area (Å²) in [6, 6.07) is 6.24. The molecule has 33 heavy (non-hydrogen) atoms. The average molecular weight is 523 g/mol. The molecule has 176 valence electrons. The van der Waals surface area contributed by atoms with Crippen LogP contribution in [0, 0.1) is 0 Å². The molecule has 3 rings (SSSR count). The molecule has 9 nitrogen and oxygen atoms in total. The number of anilines is 3. The summed E-state index contributed by atoms with van der Waals surface area (Å²) in [7, 11) is -4.09. The van der Waals surface area contributed by atoms with E-state index in [2.05, 4.69) is 25.6 Å². The first-order valence-electron chi connectivity index (χ1n) is 8.90. The Bertz CT molecular complexity index is 1260. The van der Waals surface area contributed by atoms with Gasteiger partial charge in [-0.25, -0.2) is 28.5 Å². The van der Waals surface area contributed by atoms with Gasteiger partial charge in [-0.2, -0.15) is 13.2 Å². The molecule has 0 unspecified atom stereocenters. The van der Waals surface area contributed by atoms with Crippen LogP contribution in [-0.2, 0) is 16.6 Å². The van der Waals surface area contributed by atoms with Crippen LogP contribution in [0.15, 0.2) is 47.8 Å². The van der Waals surface area contributed by atoms with Gasteiger partial charge in [0.05, 0.1) is 14.9 Å². The summed E-state index contributed by atoms with van der Waals surface area (Å²) in [4.78, 5) is 11.8. The molecule has 0 saturated heterocycles. The van der Waals surface area contributed by atoms with Gasteiger partial charge in [0.1, 0.15) is 29.5 Å². The molecule has 2 aromatic heterocycles. The topological polar surface area (TPSA) is 132 Å². The fourth-order valence-electron chi connectivity index (χ4n) is 2.51. The van der Waals surface area contributed by atoms with Gasteiger partial charge in [0.25, 0.3) is 0 Å². The van der Waals surface area contributed by atoms with Crippen LogP contribution in [0.3, 0.4) is 0 Å². The molecule has 0 fully saturated rings. The van der Waals surface area contributed by atoms with E-state index in [0.29, 0.717) is 10.8 Å². The number of nitrogens with one attached hydrogen (secondary N) is 2. The van der Waals surface area contributed by atoms with Crippen molar-refractivity contribution >= 4 is 50.7 Å². The highest BCUT2D eigenvalue weighted by atomic mass is 35.5. The second-order valence-electron chi connectivity index (χ2n) is 6.47. The summed E-state index contributed by atoms with van der Waals surface area (Å²) in [6.45, 7) is -1.68. The molecule has 0 aliphatic rings. The Kier molecular flexibility index (Phi) is 7.47. The van der Waals surface area contributed by atoms with Crippen molar-refractivity contribution in [2.45, 2.75) is 17.6 Å². The number of nitrogens with zero attached hydrogens (tertiary/aromatic N) is 3. The number of benzene rings is 1. The Morgan fingerprint density at radius 2 is 1.79 bits per heavy atom. The van der Waals surface area contributed by atoms with Crippen LogP contribution in [0.25, 0.3) is 0 Å². The third-order valence-electron chi connectivity index (χ3n) is 3.93. The van der Waals surface area contributed by atoms with Gasteiger partial charge in [-0.15, -0.1) is 0 Å². The standard InChI is InChI=1S/C18H15Cl2F3N6O3S/c19-11-4-13(20)17(26-7-11)29-16-5-15(27-9-28-16)25-6-10-3-12(33(24,30)31)1-2-14(10)32-8-18(21,22)23/h1-5,7,9H,6,8H2,(H2,24,30,31)(H2,25,26,27,28,29). The van der Waals surface area contributed by atoms with Gasteiger partial charge >= 0.3 is 6.18 Å². The molecular formula is C18H15Cl2F3N6O3S. The number of pyridine rings is 1. The SMILES string of the molecule is NS(=O)(=O)c1ccc(OCC(F)(F)F)c(CNc2cc(Nc3ncc(Cl)cc3Cl)ncn2)c1. The zero-order valence-electron chi connectivity index (χ0n) is 16.4. The van der Waals surface area contributed by atoms with Crippen molar-refractivity contribution in [1.29, 1.82) is 0 Å². The Morgan fingerprint density at radius 3 is 2.45 bits per heavy atom. The van der Waals surface area contributed by atoms with Crippen molar-refractivity contribution in [3.8, 4) is 5.75 Å². The molecule has 0 radical (unpaired) electrons. The lowest BCUT2D eigenvalue weighted by Crippen LogP contribution is -2.20. The molecule has 1 aromatic carbocycles. The first-order chi connectivity index (χ1) is 15.4. The average Bonchev–Trinajstić information content (AvgIpc) is 2.72. The molecule has 0 atom stereocenters. The van der Waals surface area contributed by atoms with E-state index < -0.39 is 22.8 Å². The highest BCUT2D eigenvalue weighted by Gasteiger charge is 2.29. The number of ether oxygens (including phenoxy) is 1. The molecule has 0 bridgehead atoms. The molecule has 0 aliphatic heterocycles. The molecule has 4 N–H and O–H groups in total. The minimum atomic E-state index is -4.58. The fourth-order valence-corrected chi connectivity index (χ4v) is 3.50. The van der Waals surface area contributed by atoms with E-state index >= 15 is 0 Å². The van der Waals surface area contributed by atoms with E-state index in [4.69, 9.17) is 33.1 Å². The number of sulfonamides is 1. The third kappa shape index (κ3) is 7.32. The molecule has 3 aromatic rings. The van der Waals surface area contributed by atoms with E-state index in [0.717, 1.165) is 18.2 Å². The predicted molar refractivity (Wildman–Crippen MR) is 116 cm³/mol. The molecule has 0 aliphatic carbocycles. The van der Waals surface area contributed by atoms with Gasteiger partial charge in [0.15, 0.2) is 6.61 Å². The second-order valence-corrected chi connectivity index (χ2v) is 8.87. The highest BCUT2D eigenvalue weighted by molar-refractivity contribution is 7.89. The van der Waals surface area contributed by atoms with Crippen LogP contribution in [0.5, 0.6) is 5.75 Å². The normalized spacial score (nSPS) is 11.8.